The Morgan fingerprint density at radius 2 is 1.73 bits per heavy atom. The van der Waals surface area contributed by atoms with Gasteiger partial charge in [0, 0.05) is 24.1 Å². The van der Waals surface area contributed by atoms with Gasteiger partial charge in [0.05, 0.1) is 0 Å². The van der Waals surface area contributed by atoms with E-state index in [2.05, 4.69) is 16.4 Å². The van der Waals surface area contributed by atoms with Crippen LogP contribution in [0.3, 0.4) is 0 Å². The van der Waals surface area contributed by atoms with Gasteiger partial charge in [0.2, 0.25) is 5.91 Å². The molecule has 0 aliphatic carbocycles. The molecule has 7 heteroatoms. The van der Waals surface area contributed by atoms with Crippen molar-refractivity contribution in [2.45, 2.75) is 69.6 Å². The molecule has 2 N–H and O–H groups in total. The summed E-state index contributed by atoms with van der Waals surface area (Å²) in [6.07, 6.45) is 12.1. The maximum atomic E-state index is 12.1. The summed E-state index contributed by atoms with van der Waals surface area (Å²) in [7, 11) is 3.65. The van der Waals surface area contributed by atoms with Gasteiger partial charge in [0.1, 0.15) is 5.03 Å². The number of carbonyl (C=O) groups is 1. The van der Waals surface area contributed by atoms with Crippen LogP contribution in [-0.2, 0) is 4.79 Å². The van der Waals surface area contributed by atoms with E-state index in [-0.39, 0.29) is 5.91 Å². The minimum Gasteiger partial charge on any atom is -0.446 e. The van der Waals surface area contributed by atoms with Crippen molar-refractivity contribution in [3.05, 3.63) is 48.7 Å². The zero-order valence-electron chi connectivity index (χ0n) is 17.9. The van der Waals surface area contributed by atoms with Crippen LogP contribution in [0, 0.1) is 0 Å². The van der Waals surface area contributed by atoms with E-state index in [4.69, 9.17) is 0 Å². The number of unbranched alkanes of at least 4 members (excludes halogenated alkanes) is 7. The summed E-state index contributed by atoms with van der Waals surface area (Å²) < 4.78 is 0. The van der Waals surface area contributed by atoms with Crippen molar-refractivity contribution in [1.29, 1.82) is 0 Å². The third-order valence-electron chi connectivity index (χ3n) is 4.82. The van der Waals surface area contributed by atoms with Gasteiger partial charge in [-0.1, -0.05) is 74.3 Å². The quantitative estimate of drug-likeness (QED) is 0.207. The van der Waals surface area contributed by atoms with Gasteiger partial charge in [0.15, 0.2) is 0 Å². The fraction of sp³-hybridized carbons (Fsp3) is 0.478. The first kappa shape index (κ1) is 24.8. The second kappa shape index (κ2) is 15.4. The van der Waals surface area contributed by atoms with E-state index in [0.29, 0.717) is 6.42 Å². The van der Waals surface area contributed by atoms with Gasteiger partial charge < -0.3 is 10.3 Å². The molecule has 1 aromatic carbocycles. The van der Waals surface area contributed by atoms with Crippen LogP contribution in [0.15, 0.2) is 53.7 Å². The Hall–Kier alpha value is -1.44. The summed E-state index contributed by atoms with van der Waals surface area (Å²) in [6, 6.07) is 13.4. The molecule has 4 nitrogen and oxygen atoms in total. The zero-order valence-corrected chi connectivity index (χ0v) is 19.5. The van der Waals surface area contributed by atoms with E-state index in [1.807, 2.05) is 53.4 Å². The summed E-state index contributed by atoms with van der Waals surface area (Å²) in [5.74, 6) is 1.23. The predicted octanol–water partition coefficient (Wildman–Crippen LogP) is 5.79. The van der Waals surface area contributed by atoms with Crippen LogP contribution in [-0.4, -0.2) is 28.6 Å². The molecule has 0 fully saturated rings. The van der Waals surface area contributed by atoms with E-state index in [1.165, 1.54) is 44.3 Å². The Kier molecular flexibility index (Phi) is 12.7. The molecule has 1 aromatic heterocycles. The third-order valence-corrected chi connectivity index (χ3v) is 7.17. The Balaban J connectivity index is 1.39. The molecule has 0 saturated carbocycles. The van der Waals surface area contributed by atoms with E-state index >= 15 is 0 Å². The van der Waals surface area contributed by atoms with Gasteiger partial charge in [-0.3, -0.25) is 4.79 Å². The number of amides is 1. The van der Waals surface area contributed by atoms with Crippen LogP contribution in [0.5, 0.6) is 0 Å². The van der Waals surface area contributed by atoms with Crippen LogP contribution in [0.4, 0.5) is 5.69 Å². The maximum absolute atomic E-state index is 12.1. The van der Waals surface area contributed by atoms with Crippen molar-refractivity contribution in [2.24, 2.45) is 0 Å². The first-order valence-corrected chi connectivity index (χ1v) is 13.3. The van der Waals surface area contributed by atoms with Crippen LogP contribution < -0.4 is 10.8 Å². The highest BCUT2D eigenvalue weighted by Crippen LogP contribution is 2.29. The molecule has 0 aliphatic rings. The maximum Gasteiger partial charge on any atom is 0.320 e. The molecule has 0 spiro atoms. The Morgan fingerprint density at radius 3 is 2.43 bits per heavy atom. The van der Waals surface area contributed by atoms with Gasteiger partial charge in [-0.05, 0) is 53.4 Å². The lowest BCUT2D eigenvalue weighted by molar-refractivity contribution is -0.116. The van der Waals surface area contributed by atoms with Crippen molar-refractivity contribution < 1.29 is 9.82 Å². The highest BCUT2D eigenvalue weighted by molar-refractivity contribution is 8.76. The molecule has 2 rings (SSSR count). The Morgan fingerprint density at radius 1 is 1.00 bits per heavy atom. The van der Waals surface area contributed by atoms with Crippen molar-refractivity contribution in [1.82, 2.24) is 4.98 Å². The fourth-order valence-corrected chi connectivity index (χ4v) is 5.13. The number of anilines is 1. The Bertz CT molecular complexity index is 732. The number of carbonyl (C=O) groups excluding carboxylic acids is 1. The number of nitrogens with one attached hydrogen (secondary N) is 1. The largest absolute Gasteiger partial charge is 0.446 e. The number of aromatic nitrogens is 1. The van der Waals surface area contributed by atoms with E-state index in [9.17, 15) is 9.82 Å². The molecule has 0 saturated heterocycles. The standard InChI is InChI=1S/C23H33BN2O2S2/c1-24(28)20-13-12-14-21(19-20)26-22(27)15-8-6-4-2-3-5-7-11-18-29-30-23-16-9-10-17-25-23/h9-10,12-14,16-17,19,28H,2-8,11,15,18H2,1H3,(H,26,27). The minimum atomic E-state index is -0.522. The van der Waals surface area contributed by atoms with Gasteiger partial charge in [0.25, 0.3) is 0 Å². The van der Waals surface area contributed by atoms with Crippen molar-refractivity contribution in [3.8, 4) is 0 Å². The summed E-state index contributed by atoms with van der Waals surface area (Å²) in [5.41, 5.74) is 1.58. The molecular formula is C23H33BN2O2S2. The lowest BCUT2D eigenvalue weighted by Gasteiger charge is -2.08. The zero-order chi connectivity index (χ0) is 21.4. The van der Waals surface area contributed by atoms with Crippen molar-refractivity contribution in [2.75, 3.05) is 11.1 Å². The smallest absolute Gasteiger partial charge is 0.320 e. The van der Waals surface area contributed by atoms with Gasteiger partial charge in [-0.2, -0.15) is 0 Å². The lowest BCUT2D eigenvalue weighted by Crippen LogP contribution is -2.26. The molecular weight excluding hydrogens is 411 g/mol. The number of pyridine rings is 1. The molecule has 1 heterocycles. The molecule has 1 amide bonds. The molecule has 30 heavy (non-hydrogen) atoms. The highest BCUT2D eigenvalue weighted by atomic mass is 33.1. The summed E-state index contributed by atoms with van der Waals surface area (Å²) in [4.78, 5) is 16.4. The van der Waals surface area contributed by atoms with Crippen LogP contribution in [0.25, 0.3) is 0 Å². The molecule has 0 aliphatic heterocycles. The first-order valence-electron chi connectivity index (χ1n) is 10.9. The van der Waals surface area contributed by atoms with Gasteiger partial charge >= 0.3 is 6.92 Å². The molecule has 0 bridgehead atoms. The number of rotatable bonds is 15. The van der Waals surface area contributed by atoms with Crippen molar-refractivity contribution >= 4 is 45.6 Å². The van der Waals surface area contributed by atoms with Crippen LogP contribution in [0.1, 0.15) is 57.8 Å². The normalized spacial score (nSPS) is 10.7. The minimum absolute atomic E-state index is 0.0545. The van der Waals surface area contributed by atoms with Crippen molar-refractivity contribution in [3.63, 3.8) is 0 Å². The van der Waals surface area contributed by atoms with E-state index < -0.39 is 6.92 Å². The summed E-state index contributed by atoms with van der Waals surface area (Å²) in [6.45, 7) is 1.20. The molecule has 162 valence electrons. The summed E-state index contributed by atoms with van der Waals surface area (Å²) in [5, 5.41) is 13.6. The highest BCUT2D eigenvalue weighted by Gasteiger charge is 2.08. The monoisotopic (exact) mass is 444 g/mol. The fourth-order valence-electron chi connectivity index (χ4n) is 3.11. The molecule has 2 aromatic rings. The number of benzene rings is 1. The van der Waals surface area contributed by atoms with E-state index in [0.717, 1.165) is 29.0 Å². The summed E-state index contributed by atoms with van der Waals surface area (Å²) >= 11 is 0. The SMILES string of the molecule is CB(O)c1cccc(NC(=O)CCCCCCCCCCSSc2ccccn2)c1. The Labute approximate surface area is 189 Å². The molecule has 0 radical (unpaired) electrons. The van der Waals surface area contributed by atoms with Crippen LogP contribution >= 0.6 is 21.6 Å². The van der Waals surface area contributed by atoms with E-state index in [1.54, 1.807) is 17.6 Å². The molecule has 0 unspecified atom stereocenters. The average Bonchev–Trinajstić information content (AvgIpc) is 2.75. The predicted molar refractivity (Wildman–Crippen MR) is 133 cm³/mol. The number of hydrogen-bond acceptors (Lipinski definition) is 5. The second-order valence-electron chi connectivity index (χ2n) is 7.50. The van der Waals surface area contributed by atoms with Gasteiger partial charge in [-0.25, -0.2) is 4.98 Å². The lowest BCUT2D eigenvalue weighted by atomic mass is 9.64. The van der Waals surface area contributed by atoms with Gasteiger partial charge in [-0.15, -0.1) is 0 Å². The molecule has 0 atom stereocenters. The third kappa shape index (κ3) is 11.1. The average molecular weight is 444 g/mol. The number of nitrogens with zero attached hydrogens (tertiary/aromatic N) is 1. The topological polar surface area (TPSA) is 62.2 Å². The number of hydrogen-bond donors (Lipinski definition) is 2. The first-order chi connectivity index (χ1) is 14.6. The van der Waals surface area contributed by atoms with Crippen LogP contribution in [0.2, 0.25) is 6.82 Å². The second-order valence-corrected chi connectivity index (χ2v) is 9.94.